The summed E-state index contributed by atoms with van der Waals surface area (Å²) in [6.45, 7) is -0.340. The molecule has 28 heavy (non-hydrogen) atoms. The Bertz CT molecular complexity index is 928. The molecule has 0 radical (unpaired) electrons. The maximum Gasteiger partial charge on any atom is 0.313 e. The van der Waals surface area contributed by atoms with E-state index in [1.54, 1.807) is 11.3 Å². The highest BCUT2D eigenvalue weighted by atomic mass is 32.1. The van der Waals surface area contributed by atoms with Gasteiger partial charge in [-0.25, -0.2) is 4.98 Å². The van der Waals surface area contributed by atoms with E-state index in [2.05, 4.69) is 15.0 Å². The number of carbonyl (C=O) groups excluding carboxylic acids is 2. The van der Waals surface area contributed by atoms with Crippen LogP contribution >= 0.6 is 11.3 Å². The third kappa shape index (κ3) is 4.06. The van der Waals surface area contributed by atoms with E-state index in [-0.39, 0.29) is 12.6 Å². The Kier molecular flexibility index (Phi) is 5.38. The number of benzene rings is 1. The molecule has 1 aliphatic rings. The average molecular weight is 399 g/mol. The first-order valence-electron chi connectivity index (χ1n) is 9.37. The van der Waals surface area contributed by atoms with E-state index in [9.17, 15) is 9.59 Å². The molecule has 0 saturated heterocycles. The second kappa shape index (κ2) is 8.10. The normalized spacial score (nSPS) is 16.0. The number of anilines is 1. The molecule has 1 aromatic carbocycles. The molecule has 0 spiro atoms. The van der Waals surface area contributed by atoms with Gasteiger partial charge in [0.1, 0.15) is 6.26 Å². The summed E-state index contributed by atoms with van der Waals surface area (Å²) in [5, 5.41) is 7.08. The van der Waals surface area contributed by atoms with Crippen LogP contribution in [0.5, 0.6) is 0 Å². The lowest BCUT2D eigenvalue weighted by Gasteiger charge is -2.34. The van der Waals surface area contributed by atoms with E-state index in [1.165, 1.54) is 12.3 Å². The van der Waals surface area contributed by atoms with Crippen molar-refractivity contribution in [3.05, 3.63) is 41.6 Å². The standard InChI is InChI=1S/C20H21N3O4S/c24-17(22-16-8-11-27-23-16)13-26-19(25)20(9-4-1-5-10-20)12-18-21-14-6-2-3-7-15(14)28-18/h2-3,6-8,11H,1,4-5,9-10,12-13H2,(H,22,23,24). The van der Waals surface area contributed by atoms with Crippen LogP contribution < -0.4 is 5.32 Å². The summed E-state index contributed by atoms with van der Waals surface area (Å²) in [5.74, 6) is -0.460. The second-order valence-electron chi connectivity index (χ2n) is 7.10. The molecule has 0 unspecified atom stereocenters. The molecule has 2 aromatic heterocycles. The van der Waals surface area contributed by atoms with E-state index in [0.717, 1.165) is 47.3 Å². The number of amides is 1. The fraction of sp³-hybridized carbons (Fsp3) is 0.400. The zero-order valence-electron chi connectivity index (χ0n) is 15.3. The number of hydrogen-bond donors (Lipinski definition) is 1. The molecular weight excluding hydrogens is 378 g/mol. The van der Waals surface area contributed by atoms with Gasteiger partial charge in [0.15, 0.2) is 12.4 Å². The number of esters is 1. The smallest absolute Gasteiger partial charge is 0.313 e. The molecule has 1 aliphatic carbocycles. The number of carbonyl (C=O) groups is 2. The third-order valence-electron chi connectivity index (χ3n) is 5.11. The number of fused-ring (bicyclic) bond motifs is 1. The van der Waals surface area contributed by atoms with Crippen LogP contribution in [-0.4, -0.2) is 28.6 Å². The zero-order chi connectivity index (χ0) is 19.4. The van der Waals surface area contributed by atoms with E-state index in [1.807, 2.05) is 24.3 Å². The van der Waals surface area contributed by atoms with Gasteiger partial charge in [0.2, 0.25) is 0 Å². The fourth-order valence-electron chi connectivity index (χ4n) is 3.71. The molecule has 7 nitrogen and oxygen atoms in total. The molecule has 1 saturated carbocycles. The van der Waals surface area contributed by atoms with Gasteiger partial charge in [0, 0.05) is 12.5 Å². The number of thiazole rings is 1. The predicted molar refractivity (Wildman–Crippen MR) is 105 cm³/mol. The number of hydrogen-bond acceptors (Lipinski definition) is 7. The minimum Gasteiger partial charge on any atom is -0.455 e. The Morgan fingerprint density at radius 3 is 2.75 bits per heavy atom. The Morgan fingerprint density at radius 1 is 1.18 bits per heavy atom. The maximum atomic E-state index is 13.0. The molecule has 8 heteroatoms. The first-order chi connectivity index (χ1) is 13.6. The SMILES string of the molecule is O=C(COC(=O)C1(Cc2nc3ccccc3s2)CCCCC1)Nc1ccon1. The Hall–Kier alpha value is -2.74. The number of para-hydroxylation sites is 1. The van der Waals surface area contributed by atoms with Crippen molar-refractivity contribution in [1.82, 2.24) is 10.1 Å². The first-order valence-corrected chi connectivity index (χ1v) is 10.2. The fourth-order valence-corrected chi connectivity index (χ4v) is 4.82. The molecule has 3 aromatic rings. The predicted octanol–water partition coefficient (Wildman–Crippen LogP) is 3.96. The van der Waals surface area contributed by atoms with Crippen LogP contribution in [0, 0.1) is 5.41 Å². The van der Waals surface area contributed by atoms with Crippen LogP contribution in [0.3, 0.4) is 0 Å². The van der Waals surface area contributed by atoms with Crippen LogP contribution in [0.1, 0.15) is 37.1 Å². The maximum absolute atomic E-state index is 13.0. The van der Waals surface area contributed by atoms with Crippen LogP contribution in [-0.2, 0) is 20.7 Å². The summed E-state index contributed by atoms with van der Waals surface area (Å²) in [4.78, 5) is 29.7. The lowest BCUT2D eigenvalue weighted by molar-refractivity contribution is -0.160. The van der Waals surface area contributed by atoms with Crippen molar-refractivity contribution in [3.63, 3.8) is 0 Å². The van der Waals surface area contributed by atoms with Crippen molar-refractivity contribution < 1.29 is 18.8 Å². The van der Waals surface area contributed by atoms with Crippen molar-refractivity contribution in [3.8, 4) is 0 Å². The summed E-state index contributed by atoms with van der Waals surface area (Å²) >= 11 is 1.62. The van der Waals surface area contributed by atoms with E-state index < -0.39 is 11.3 Å². The van der Waals surface area contributed by atoms with Crippen molar-refractivity contribution >= 4 is 39.2 Å². The quantitative estimate of drug-likeness (QED) is 0.631. The van der Waals surface area contributed by atoms with Gasteiger partial charge in [-0.15, -0.1) is 11.3 Å². The van der Waals surface area contributed by atoms with Crippen molar-refractivity contribution in [2.24, 2.45) is 5.41 Å². The second-order valence-corrected chi connectivity index (χ2v) is 8.22. The largest absolute Gasteiger partial charge is 0.455 e. The van der Waals surface area contributed by atoms with E-state index in [0.29, 0.717) is 12.2 Å². The summed E-state index contributed by atoms with van der Waals surface area (Å²) in [6.07, 6.45) is 6.49. The molecule has 1 fully saturated rings. The molecule has 0 bridgehead atoms. The number of nitrogens with one attached hydrogen (secondary N) is 1. The van der Waals surface area contributed by atoms with Crippen LogP contribution in [0.15, 0.2) is 41.1 Å². The van der Waals surface area contributed by atoms with Crippen molar-refractivity contribution in [2.75, 3.05) is 11.9 Å². The van der Waals surface area contributed by atoms with Gasteiger partial charge in [-0.05, 0) is 25.0 Å². The van der Waals surface area contributed by atoms with Gasteiger partial charge in [0.25, 0.3) is 5.91 Å². The lowest BCUT2D eigenvalue weighted by Crippen LogP contribution is -2.38. The molecule has 4 rings (SSSR count). The van der Waals surface area contributed by atoms with Crippen LogP contribution in [0.2, 0.25) is 0 Å². The lowest BCUT2D eigenvalue weighted by atomic mass is 9.72. The Balaban J connectivity index is 1.45. The van der Waals surface area contributed by atoms with E-state index >= 15 is 0 Å². The summed E-state index contributed by atoms with van der Waals surface area (Å²) in [5.41, 5.74) is 0.342. The van der Waals surface area contributed by atoms with Crippen molar-refractivity contribution in [2.45, 2.75) is 38.5 Å². The molecule has 0 atom stereocenters. The number of aromatic nitrogens is 2. The third-order valence-corrected chi connectivity index (χ3v) is 6.15. The highest BCUT2D eigenvalue weighted by Gasteiger charge is 2.42. The molecule has 146 valence electrons. The van der Waals surface area contributed by atoms with Crippen molar-refractivity contribution in [1.29, 1.82) is 0 Å². The van der Waals surface area contributed by atoms with Gasteiger partial charge in [-0.1, -0.05) is 36.6 Å². The molecule has 2 heterocycles. The van der Waals surface area contributed by atoms with E-state index in [4.69, 9.17) is 9.72 Å². The molecule has 1 N–H and O–H groups in total. The average Bonchev–Trinajstić information content (AvgIpc) is 3.35. The van der Waals surface area contributed by atoms with Gasteiger partial charge in [-0.2, -0.15) is 0 Å². The number of rotatable bonds is 6. The van der Waals surface area contributed by atoms with Gasteiger partial charge < -0.3 is 14.6 Å². The first kappa shape index (κ1) is 18.6. The molecule has 1 amide bonds. The molecule has 0 aliphatic heterocycles. The van der Waals surface area contributed by atoms with Gasteiger partial charge in [-0.3, -0.25) is 9.59 Å². The minimum atomic E-state index is -0.611. The summed E-state index contributed by atoms with van der Waals surface area (Å²) < 4.78 is 11.2. The van der Waals surface area contributed by atoms with Gasteiger partial charge in [0.05, 0.1) is 20.6 Å². The number of ether oxygens (including phenoxy) is 1. The highest BCUT2D eigenvalue weighted by Crippen LogP contribution is 2.41. The Labute approximate surface area is 166 Å². The summed E-state index contributed by atoms with van der Waals surface area (Å²) in [7, 11) is 0. The van der Waals surface area contributed by atoms with Gasteiger partial charge >= 0.3 is 5.97 Å². The minimum absolute atomic E-state index is 0.294. The molecular formula is C20H21N3O4S. The zero-order valence-corrected chi connectivity index (χ0v) is 16.2. The summed E-state index contributed by atoms with van der Waals surface area (Å²) in [6, 6.07) is 9.49. The highest BCUT2D eigenvalue weighted by molar-refractivity contribution is 7.18. The van der Waals surface area contributed by atoms with Crippen LogP contribution in [0.25, 0.3) is 10.2 Å². The number of nitrogens with zero attached hydrogens (tertiary/aromatic N) is 2. The van der Waals surface area contributed by atoms with Crippen LogP contribution in [0.4, 0.5) is 5.82 Å². The topological polar surface area (TPSA) is 94.3 Å². The Morgan fingerprint density at radius 2 is 2.00 bits per heavy atom. The monoisotopic (exact) mass is 399 g/mol.